The molecule has 1 radical (unpaired) electrons. The van der Waals surface area contributed by atoms with Crippen LogP contribution in [0.2, 0.25) is 0 Å². The van der Waals surface area contributed by atoms with Gasteiger partial charge in [-0.25, -0.2) is 0 Å². The minimum absolute atomic E-state index is 1.16. The third-order valence-corrected chi connectivity index (χ3v) is 1.69. The Bertz CT molecular complexity index is 187. The lowest BCUT2D eigenvalue weighted by Crippen LogP contribution is -2.03. The summed E-state index contributed by atoms with van der Waals surface area (Å²) in [5, 5.41) is 0. The Balaban J connectivity index is 2.58. The van der Waals surface area contributed by atoms with Gasteiger partial charge in [-0.05, 0) is 24.0 Å². The van der Waals surface area contributed by atoms with E-state index in [2.05, 4.69) is 6.58 Å². The maximum atomic E-state index is 5.24. The van der Waals surface area contributed by atoms with Crippen LogP contribution in [0.3, 0.4) is 0 Å². The summed E-state index contributed by atoms with van der Waals surface area (Å²) >= 11 is 0. The van der Waals surface area contributed by atoms with Crippen molar-refractivity contribution in [2.24, 2.45) is 5.73 Å². The molecule has 53 valence electrons. The van der Waals surface area contributed by atoms with E-state index in [0.29, 0.717) is 0 Å². The lowest BCUT2D eigenvalue weighted by Gasteiger charge is -2.20. The summed E-state index contributed by atoms with van der Waals surface area (Å²) in [6.07, 6.45) is 8.15. The van der Waals surface area contributed by atoms with E-state index in [-0.39, 0.29) is 0 Å². The molecule has 0 aromatic rings. The largest absolute Gasteiger partial charge is 0.323 e. The van der Waals surface area contributed by atoms with Gasteiger partial charge in [-0.15, -0.1) is 0 Å². The van der Waals surface area contributed by atoms with Crippen molar-refractivity contribution in [1.29, 1.82) is 0 Å². The van der Waals surface area contributed by atoms with Crippen LogP contribution >= 0.6 is 0 Å². The number of hydrogen-bond donors (Lipinski definition) is 1. The fourth-order valence-corrected chi connectivity index (χ4v) is 1.05. The van der Waals surface area contributed by atoms with Crippen molar-refractivity contribution in [2.75, 3.05) is 0 Å². The normalized spacial score (nSPS) is 24.9. The Morgan fingerprint density at radius 1 is 1.20 bits per heavy atom. The topological polar surface area (TPSA) is 26.0 Å². The maximum absolute atomic E-state index is 5.24. The molecule has 1 rings (SSSR count). The summed E-state index contributed by atoms with van der Waals surface area (Å²) in [7, 11) is 0. The minimum atomic E-state index is 1.16. The van der Waals surface area contributed by atoms with Crippen molar-refractivity contribution in [2.45, 2.75) is 12.8 Å². The van der Waals surface area contributed by atoms with Gasteiger partial charge in [-0.2, -0.15) is 0 Å². The molecule has 0 atom stereocenters. The van der Waals surface area contributed by atoms with Crippen molar-refractivity contribution < 1.29 is 0 Å². The summed E-state index contributed by atoms with van der Waals surface area (Å²) in [5.41, 5.74) is 7.96. The van der Waals surface area contributed by atoms with Gasteiger partial charge in [0.05, 0.1) is 0 Å². The molecule has 0 aromatic heterocycles. The molecule has 0 bridgehead atoms. The van der Waals surface area contributed by atoms with Crippen LogP contribution in [0.25, 0.3) is 0 Å². The van der Waals surface area contributed by atoms with Gasteiger partial charge >= 0.3 is 0 Å². The van der Waals surface area contributed by atoms with Crippen LogP contribution in [0.5, 0.6) is 0 Å². The smallest absolute Gasteiger partial charge is 0.0420 e. The van der Waals surface area contributed by atoms with E-state index in [4.69, 9.17) is 5.73 Å². The molecule has 0 unspecified atom stereocenters. The van der Waals surface area contributed by atoms with Crippen LogP contribution in [-0.4, -0.2) is 0 Å². The first-order chi connectivity index (χ1) is 4.88. The third-order valence-electron chi connectivity index (χ3n) is 1.69. The quantitative estimate of drug-likeness (QED) is 0.613. The number of nitrogens with two attached hydrogens (primary N) is 1. The van der Waals surface area contributed by atoms with Gasteiger partial charge in [-0.1, -0.05) is 24.8 Å². The molecular weight excluding hydrogens is 122 g/mol. The molecule has 0 aromatic carbocycles. The van der Waals surface area contributed by atoms with Crippen LogP contribution in [0, 0.1) is 6.54 Å². The molecular formula is C9H12N. The summed E-state index contributed by atoms with van der Waals surface area (Å²) in [6.45, 7) is 5.22. The molecule has 1 fully saturated rings. The Labute approximate surface area is 61.9 Å². The molecule has 0 spiro atoms. The molecule has 10 heavy (non-hydrogen) atoms. The van der Waals surface area contributed by atoms with E-state index in [9.17, 15) is 0 Å². The Morgan fingerprint density at radius 3 is 2.20 bits per heavy atom. The molecule has 0 heterocycles. The Kier molecular flexibility index (Phi) is 2.46. The third kappa shape index (κ3) is 1.36. The fraction of sp³-hybridized carbons (Fsp3) is 0.222. The van der Waals surface area contributed by atoms with Crippen molar-refractivity contribution in [3.63, 3.8) is 0 Å². The predicted molar refractivity (Wildman–Crippen MR) is 44.1 cm³/mol. The zero-order chi connectivity index (χ0) is 7.40. The zero-order valence-corrected chi connectivity index (χ0v) is 6.01. The second-order valence-corrected chi connectivity index (χ2v) is 2.31. The summed E-state index contributed by atoms with van der Waals surface area (Å²) in [6, 6.07) is 0. The number of rotatable bonds is 2. The van der Waals surface area contributed by atoms with E-state index in [1.165, 1.54) is 17.6 Å². The molecule has 1 aliphatic rings. The van der Waals surface area contributed by atoms with E-state index in [0.717, 1.165) is 6.42 Å². The van der Waals surface area contributed by atoms with Crippen molar-refractivity contribution in [3.8, 4) is 0 Å². The van der Waals surface area contributed by atoms with Crippen LogP contribution in [-0.2, 0) is 0 Å². The Morgan fingerprint density at radius 2 is 1.80 bits per heavy atom. The van der Waals surface area contributed by atoms with Gasteiger partial charge in [0.2, 0.25) is 0 Å². The zero-order valence-electron chi connectivity index (χ0n) is 6.01. The molecule has 0 aliphatic heterocycles. The molecule has 0 amide bonds. The number of hydrogen-bond acceptors (Lipinski definition) is 1. The van der Waals surface area contributed by atoms with Crippen molar-refractivity contribution in [3.05, 3.63) is 42.5 Å². The standard InChI is InChI=1S/C9H12N/c1-2-3-8-4-5-9(8)6-7-10/h2-3,6-7H,1,4-5,10H2/b8-3-,9-6-. The molecule has 0 saturated heterocycles. The first-order valence-corrected chi connectivity index (χ1v) is 3.44. The molecule has 1 aliphatic carbocycles. The second kappa shape index (κ2) is 3.37. The van der Waals surface area contributed by atoms with Gasteiger partial charge in [0, 0.05) is 6.54 Å². The average molecular weight is 134 g/mol. The lowest BCUT2D eigenvalue weighted by atomic mass is 9.85. The van der Waals surface area contributed by atoms with Crippen LogP contribution in [0.15, 0.2) is 36.0 Å². The molecule has 1 nitrogen and oxygen atoms in total. The first-order valence-electron chi connectivity index (χ1n) is 3.44. The highest BCUT2D eigenvalue weighted by atomic mass is 14.5. The van der Waals surface area contributed by atoms with Crippen LogP contribution in [0.1, 0.15) is 12.8 Å². The summed E-state index contributed by atoms with van der Waals surface area (Å²) < 4.78 is 0. The lowest BCUT2D eigenvalue weighted by molar-refractivity contribution is 0.822. The monoisotopic (exact) mass is 134 g/mol. The predicted octanol–water partition coefficient (Wildman–Crippen LogP) is 1.94. The van der Waals surface area contributed by atoms with Gasteiger partial charge in [0.25, 0.3) is 0 Å². The fourth-order valence-electron chi connectivity index (χ4n) is 1.05. The summed E-state index contributed by atoms with van der Waals surface area (Å²) in [4.78, 5) is 0. The highest BCUT2D eigenvalue weighted by Crippen LogP contribution is 2.32. The molecule has 1 heteroatoms. The van der Waals surface area contributed by atoms with E-state index < -0.39 is 0 Å². The maximum Gasteiger partial charge on any atom is 0.0420 e. The minimum Gasteiger partial charge on any atom is -0.323 e. The molecule has 1 saturated carbocycles. The van der Waals surface area contributed by atoms with E-state index >= 15 is 0 Å². The average Bonchev–Trinajstić information content (AvgIpc) is 1.93. The van der Waals surface area contributed by atoms with E-state index in [1.807, 2.05) is 18.2 Å². The van der Waals surface area contributed by atoms with Gasteiger partial charge in [0.15, 0.2) is 0 Å². The first kappa shape index (κ1) is 7.29. The molecule has 2 N–H and O–H groups in total. The van der Waals surface area contributed by atoms with Crippen LogP contribution < -0.4 is 5.73 Å². The van der Waals surface area contributed by atoms with Gasteiger partial charge in [-0.3, -0.25) is 0 Å². The highest BCUT2D eigenvalue weighted by molar-refractivity contribution is 5.42. The van der Waals surface area contributed by atoms with Gasteiger partial charge in [0.1, 0.15) is 0 Å². The second-order valence-electron chi connectivity index (χ2n) is 2.31. The van der Waals surface area contributed by atoms with E-state index in [1.54, 1.807) is 6.54 Å². The van der Waals surface area contributed by atoms with Crippen molar-refractivity contribution >= 4 is 0 Å². The SMILES string of the molecule is C=C/C=C1/CC/C1=C/[CH]N. The summed E-state index contributed by atoms with van der Waals surface area (Å²) in [5.74, 6) is 0. The Hall–Kier alpha value is -0.820. The number of allylic oxidation sites excluding steroid dienone is 4. The van der Waals surface area contributed by atoms with Crippen LogP contribution in [0.4, 0.5) is 0 Å². The highest BCUT2D eigenvalue weighted by Gasteiger charge is 2.13. The van der Waals surface area contributed by atoms with Crippen molar-refractivity contribution in [1.82, 2.24) is 0 Å². The van der Waals surface area contributed by atoms with Gasteiger partial charge < -0.3 is 5.73 Å².